The zero-order valence-corrected chi connectivity index (χ0v) is 11.7. The van der Waals surface area contributed by atoms with E-state index in [2.05, 4.69) is 36.5 Å². The number of likely N-dealkylation sites (tertiary alicyclic amines) is 1. The van der Waals surface area contributed by atoms with Crippen molar-refractivity contribution in [2.45, 2.75) is 32.4 Å². The average Bonchev–Trinajstić information content (AvgIpc) is 3.06. The number of hydrogen-bond acceptors (Lipinski definition) is 4. The van der Waals surface area contributed by atoms with Gasteiger partial charge in [-0.25, -0.2) is 0 Å². The topological polar surface area (TPSA) is 34.0 Å². The van der Waals surface area contributed by atoms with Crippen molar-refractivity contribution in [3.63, 3.8) is 0 Å². The maximum Gasteiger partial charge on any atom is 0.146 e. The van der Waals surface area contributed by atoms with Crippen LogP contribution in [0.4, 0.5) is 0 Å². The molecule has 2 aromatic rings. The first-order valence-corrected chi connectivity index (χ1v) is 7.31. The first kappa shape index (κ1) is 11.9. The van der Waals surface area contributed by atoms with Gasteiger partial charge in [0.1, 0.15) is 11.6 Å². The van der Waals surface area contributed by atoms with Crippen LogP contribution in [0.1, 0.15) is 36.1 Å². The van der Waals surface area contributed by atoms with Crippen molar-refractivity contribution in [2.75, 3.05) is 6.54 Å². The van der Waals surface area contributed by atoms with E-state index in [0.29, 0.717) is 6.04 Å². The molecule has 2 aromatic heterocycles. The lowest BCUT2D eigenvalue weighted by molar-refractivity contribution is 0.240. The molecule has 0 saturated carbocycles. The molecular weight excluding hydrogens is 244 g/mol. The molecule has 1 aliphatic heterocycles. The molecule has 0 amide bonds. The second-order valence-electron chi connectivity index (χ2n) is 4.91. The van der Waals surface area contributed by atoms with Gasteiger partial charge in [-0.3, -0.25) is 4.90 Å². The number of hydrogen-bond donors (Lipinski definition) is 0. The molecule has 3 heterocycles. The molecule has 4 nitrogen and oxygen atoms in total. The molecule has 0 spiro atoms. The first-order chi connectivity index (χ1) is 8.75. The van der Waals surface area contributed by atoms with Gasteiger partial charge >= 0.3 is 0 Å². The highest BCUT2D eigenvalue weighted by Crippen LogP contribution is 2.33. The lowest BCUT2D eigenvalue weighted by Gasteiger charge is -2.23. The van der Waals surface area contributed by atoms with Crippen LogP contribution in [0.3, 0.4) is 0 Å². The van der Waals surface area contributed by atoms with Crippen LogP contribution in [-0.4, -0.2) is 26.2 Å². The molecule has 0 aliphatic carbocycles. The third kappa shape index (κ3) is 2.08. The summed E-state index contributed by atoms with van der Waals surface area (Å²) in [6.45, 7) is 4.06. The number of rotatable bonds is 3. The normalized spacial score (nSPS) is 20.7. The van der Waals surface area contributed by atoms with E-state index in [4.69, 9.17) is 0 Å². The Morgan fingerprint density at radius 2 is 2.33 bits per heavy atom. The molecule has 0 bridgehead atoms. The molecule has 1 saturated heterocycles. The van der Waals surface area contributed by atoms with Gasteiger partial charge in [-0.15, -0.1) is 10.2 Å². The summed E-state index contributed by atoms with van der Waals surface area (Å²) in [4.78, 5) is 2.52. The summed E-state index contributed by atoms with van der Waals surface area (Å²) in [6, 6.07) is 2.81. The molecule has 0 N–H and O–H groups in total. The first-order valence-electron chi connectivity index (χ1n) is 6.36. The van der Waals surface area contributed by atoms with E-state index in [1.54, 1.807) is 11.3 Å². The second-order valence-corrected chi connectivity index (χ2v) is 5.69. The molecule has 1 aliphatic rings. The summed E-state index contributed by atoms with van der Waals surface area (Å²) in [5.74, 6) is 2.05. The van der Waals surface area contributed by atoms with Crippen molar-refractivity contribution < 1.29 is 0 Å². The smallest absolute Gasteiger partial charge is 0.146 e. The van der Waals surface area contributed by atoms with Crippen molar-refractivity contribution in [1.29, 1.82) is 0 Å². The number of thiophene rings is 1. The van der Waals surface area contributed by atoms with Crippen LogP contribution < -0.4 is 0 Å². The van der Waals surface area contributed by atoms with Crippen LogP contribution in [0.5, 0.6) is 0 Å². The van der Waals surface area contributed by atoms with Crippen molar-refractivity contribution in [2.24, 2.45) is 7.05 Å². The lowest BCUT2D eigenvalue weighted by Crippen LogP contribution is -2.24. The van der Waals surface area contributed by atoms with E-state index in [-0.39, 0.29) is 0 Å². The van der Waals surface area contributed by atoms with Gasteiger partial charge < -0.3 is 4.57 Å². The van der Waals surface area contributed by atoms with Crippen molar-refractivity contribution >= 4 is 11.3 Å². The quantitative estimate of drug-likeness (QED) is 0.852. The highest BCUT2D eigenvalue weighted by Gasteiger charge is 2.27. The van der Waals surface area contributed by atoms with Crippen molar-refractivity contribution in [3.8, 4) is 0 Å². The molecule has 18 heavy (non-hydrogen) atoms. The summed E-state index contributed by atoms with van der Waals surface area (Å²) in [5.41, 5.74) is 1.45. The predicted molar refractivity (Wildman–Crippen MR) is 72.4 cm³/mol. The van der Waals surface area contributed by atoms with E-state index in [9.17, 15) is 0 Å². The predicted octanol–water partition coefficient (Wildman–Crippen LogP) is 2.52. The molecule has 5 heteroatoms. The lowest BCUT2D eigenvalue weighted by atomic mass is 10.1. The SMILES string of the molecule is Cc1nnc(CN2CCC[C@@H]2c2ccsc2)n1C. The summed E-state index contributed by atoms with van der Waals surface area (Å²) < 4.78 is 2.09. The zero-order valence-electron chi connectivity index (χ0n) is 10.8. The van der Waals surface area contributed by atoms with Crippen LogP contribution in [0.15, 0.2) is 16.8 Å². The van der Waals surface area contributed by atoms with Gasteiger partial charge in [0.25, 0.3) is 0 Å². The van der Waals surface area contributed by atoms with Gasteiger partial charge in [0, 0.05) is 13.1 Å². The van der Waals surface area contributed by atoms with Crippen LogP contribution in [0.25, 0.3) is 0 Å². The Balaban J connectivity index is 1.78. The van der Waals surface area contributed by atoms with Crippen LogP contribution in [0.2, 0.25) is 0 Å². The zero-order chi connectivity index (χ0) is 12.5. The average molecular weight is 262 g/mol. The van der Waals surface area contributed by atoms with E-state index in [0.717, 1.165) is 24.7 Å². The third-order valence-corrected chi connectivity index (χ3v) is 4.52. The number of aryl methyl sites for hydroxylation is 1. The van der Waals surface area contributed by atoms with Crippen LogP contribution >= 0.6 is 11.3 Å². The summed E-state index contributed by atoms with van der Waals surface area (Å²) >= 11 is 1.78. The summed E-state index contributed by atoms with van der Waals surface area (Å²) in [5, 5.41) is 12.8. The Hall–Kier alpha value is -1.20. The standard InChI is InChI=1S/C13H18N4S/c1-10-14-15-13(16(10)2)8-17-6-3-4-12(17)11-5-7-18-9-11/h5,7,9,12H,3-4,6,8H2,1-2H3/t12-/m1/s1. The minimum atomic E-state index is 0.563. The third-order valence-electron chi connectivity index (χ3n) is 3.82. The Labute approximate surface area is 111 Å². The van der Waals surface area contributed by atoms with Gasteiger partial charge in [-0.05, 0) is 48.7 Å². The van der Waals surface area contributed by atoms with E-state index < -0.39 is 0 Å². The summed E-state index contributed by atoms with van der Waals surface area (Å²) in [7, 11) is 2.04. The molecule has 0 aromatic carbocycles. The maximum atomic E-state index is 4.27. The second kappa shape index (κ2) is 4.82. The maximum absolute atomic E-state index is 4.27. The highest BCUT2D eigenvalue weighted by molar-refractivity contribution is 7.07. The molecule has 1 fully saturated rings. The summed E-state index contributed by atoms with van der Waals surface area (Å²) in [6.07, 6.45) is 2.53. The molecule has 0 radical (unpaired) electrons. The highest BCUT2D eigenvalue weighted by atomic mass is 32.1. The van der Waals surface area contributed by atoms with Crippen LogP contribution in [-0.2, 0) is 13.6 Å². The van der Waals surface area contributed by atoms with E-state index in [1.165, 1.54) is 18.4 Å². The monoisotopic (exact) mass is 262 g/mol. The minimum absolute atomic E-state index is 0.563. The van der Waals surface area contributed by atoms with Gasteiger partial charge in [0.05, 0.1) is 6.54 Å². The number of nitrogens with zero attached hydrogens (tertiary/aromatic N) is 4. The molecule has 3 rings (SSSR count). The Morgan fingerprint density at radius 1 is 1.44 bits per heavy atom. The Kier molecular flexibility index (Phi) is 3.18. The van der Waals surface area contributed by atoms with E-state index >= 15 is 0 Å². The fourth-order valence-corrected chi connectivity index (χ4v) is 3.33. The minimum Gasteiger partial charge on any atom is -0.317 e. The largest absolute Gasteiger partial charge is 0.317 e. The fraction of sp³-hybridized carbons (Fsp3) is 0.538. The fourth-order valence-electron chi connectivity index (χ4n) is 2.63. The van der Waals surface area contributed by atoms with Crippen molar-refractivity contribution in [1.82, 2.24) is 19.7 Å². The van der Waals surface area contributed by atoms with Gasteiger partial charge in [0.2, 0.25) is 0 Å². The van der Waals surface area contributed by atoms with Crippen molar-refractivity contribution in [3.05, 3.63) is 34.0 Å². The molecule has 0 unspecified atom stereocenters. The Morgan fingerprint density at radius 3 is 3.00 bits per heavy atom. The Bertz CT molecular complexity index is 517. The molecule has 96 valence electrons. The number of aromatic nitrogens is 3. The van der Waals surface area contributed by atoms with Gasteiger partial charge in [-0.1, -0.05) is 0 Å². The van der Waals surface area contributed by atoms with Gasteiger partial charge in [0.15, 0.2) is 0 Å². The molecular formula is C13H18N4S. The van der Waals surface area contributed by atoms with Crippen LogP contribution in [0, 0.1) is 6.92 Å². The van der Waals surface area contributed by atoms with E-state index in [1.807, 2.05) is 14.0 Å². The molecule has 1 atom stereocenters. The van der Waals surface area contributed by atoms with Gasteiger partial charge in [-0.2, -0.15) is 11.3 Å².